The Morgan fingerprint density at radius 3 is 2.77 bits per heavy atom. The van der Waals surface area contributed by atoms with Gasteiger partial charge in [-0.05, 0) is 42.3 Å². The van der Waals surface area contributed by atoms with Gasteiger partial charge in [0.15, 0.2) is 5.82 Å². The van der Waals surface area contributed by atoms with E-state index in [-0.39, 0.29) is 5.82 Å². The minimum Gasteiger partial charge on any atom is -0.368 e. The molecule has 6 nitrogen and oxygen atoms in total. The lowest BCUT2D eigenvalue weighted by Crippen LogP contribution is -2.08. The van der Waals surface area contributed by atoms with Crippen LogP contribution in [0.3, 0.4) is 0 Å². The van der Waals surface area contributed by atoms with Crippen molar-refractivity contribution >= 4 is 28.4 Å². The van der Waals surface area contributed by atoms with Crippen LogP contribution in [0.15, 0.2) is 60.9 Å². The molecule has 130 valence electrons. The van der Waals surface area contributed by atoms with E-state index in [1.54, 1.807) is 18.3 Å². The molecule has 0 spiro atoms. The number of benzene rings is 2. The van der Waals surface area contributed by atoms with E-state index in [1.807, 2.05) is 18.3 Å². The van der Waals surface area contributed by atoms with Crippen LogP contribution in [0.1, 0.15) is 5.56 Å². The number of anilines is 3. The zero-order valence-corrected chi connectivity index (χ0v) is 13.9. The Kier molecular flexibility index (Phi) is 4.42. The number of H-pyrrole nitrogens is 1. The smallest absolute Gasteiger partial charge is 0.249 e. The van der Waals surface area contributed by atoms with Gasteiger partial charge in [-0.1, -0.05) is 18.2 Å². The number of nitrogens with one attached hydrogen (secondary N) is 3. The number of halogens is 1. The van der Waals surface area contributed by atoms with Gasteiger partial charge in [-0.15, -0.1) is 5.10 Å². The van der Waals surface area contributed by atoms with E-state index in [0.29, 0.717) is 17.5 Å². The molecule has 2 heterocycles. The Labute approximate surface area is 149 Å². The molecule has 0 amide bonds. The zero-order chi connectivity index (χ0) is 17.8. The van der Waals surface area contributed by atoms with Crippen LogP contribution >= 0.6 is 0 Å². The summed E-state index contributed by atoms with van der Waals surface area (Å²) in [6.07, 6.45) is 4.46. The van der Waals surface area contributed by atoms with Gasteiger partial charge < -0.3 is 15.6 Å². The molecule has 0 unspecified atom stereocenters. The molecule has 0 radical (unpaired) electrons. The zero-order valence-electron chi connectivity index (χ0n) is 13.9. The number of hydrogen-bond acceptors (Lipinski definition) is 5. The lowest BCUT2D eigenvalue weighted by molar-refractivity contribution is 0.628. The van der Waals surface area contributed by atoms with Crippen molar-refractivity contribution in [3.05, 3.63) is 72.3 Å². The number of rotatable bonds is 6. The van der Waals surface area contributed by atoms with Gasteiger partial charge in [-0.3, -0.25) is 0 Å². The second-order valence-electron chi connectivity index (χ2n) is 5.83. The first-order valence-electron chi connectivity index (χ1n) is 8.29. The fourth-order valence-electron chi connectivity index (χ4n) is 2.77. The highest BCUT2D eigenvalue weighted by molar-refractivity contribution is 5.83. The molecule has 0 fully saturated rings. The second kappa shape index (κ2) is 7.18. The van der Waals surface area contributed by atoms with Crippen LogP contribution in [0.4, 0.5) is 21.8 Å². The molecule has 4 rings (SSSR count). The minimum absolute atomic E-state index is 0.290. The molecule has 26 heavy (non-hydrogen) atoms. The highest BCUT2D eigenvalue weighted by atomic mass is 19.1. The van der Waals surface area contributed by atoms with Gasteiger partial charge >= 0.3 is 0 Å². The molecule has 4 aromatic rings. The van der Waals surface area contributed by atoms with Crippen molar-refractivity contribution in [3.63, 3.8) is 0 Å². The summed E-state index contributed by atoms with van der Waals surface area (Å²) >= 11 is 0. The average Bonchev–Trinajstić information content (AvgIpc) is 3.07. The number of nitrogens with zero attached hydrogens (tertiary/aromatic N) is 3. The van der Waals surface area contributed by atoms with Crippen LogP contribution in [0, 0.1) is 5.82 Å². The maximum absolute atomic E-state index is 13.0. The summed E-state index contributed by atoms with van der Waals surface area (Å²) < 4.78 is 13.0. The van der Waals surface area contributed by atoms with Crippen LogP contribution < -0.4 is 10.6 Å². The first-order valence-corrected chi connectivity index (χ1v) is 8.29. The van der Waals surface area contributed by atoms with Crippen molar-refractivity contribution in [1.82, 2.24) is 20.2 Å². The maximum Gasteiger partial charge on any atom is 0.249 e. The third-order valence-electron chi connectivity index (χ3n) is 4.03. The molecule has 0 atom stereocenters. The molecular weight excluding hydrogens is 331 g/mol. The summed E-state index contributed by atoms with van der Waals surface area (Å²) in [7, 11) is 0. The quantitative estimate of drug-likeness (QED) is 0.493. The molecule has 0 aliphatic carbocycles. The van der Waals surface area contributed by atoms with Gasteiger partial charge in [0.2, 0.25) is 5.95 Å². The Morgan fingerprint density at radius 1 is 1.04 bits per heavy atom. The number of aromatic nitrogens is 4. The molecule has 0 saturated heterocycles. The number of hydrogen-bond donors (Lipinski definition) is 3. The third kappa shape index (κ3) is 3.61. The van der Waals surface area contributed by atoms with E-state index in [4.69, 9.17) is 0 Å². The van der Waals surface area contributed by atoms with Crippen molar-refractivity contribution in [2.24, 2.45) is 0 Å². The summed E-state index contributed by atoms with van der Waals surface area (Å²) in [5.74, 6) is 0.695. The van der Waals surface area contributed by atoms with Crippen LogP contribution in [-0.4, -0.2) is 26.7 Å². The van der Waals surface area contributed by atoms with Crippen molar-refractivity contribution in [1.29, 1.82) is 0 Å². The van der Waals surface area contributed by atoms with Gasteiger partial charge in [-0.2, -0.15) is 10.1 Å². The van der Waals surface area contributed by atoms with Crippen molar-refractivity contribution < 1.29 is 4.39 Å². The highest BCUT2D eigenvalue weighted by Crippen LogP contribution is 2.18. The van der Waals surface area contributed by atoms with Crippen LogP contribution in [-0.2, 0) is 6.42 Å². The van der Waals surface area contributed by atoms with E-state index >= 15 is 0 Å². The van der Waals surface area contributed by atoms with E-state index in [9.17, 15) is 4.39 Å². The Morgan fingerprint density at radius 2 is 1.88 bits per heavy atom. The van der Waals surface area contributed by atoms with Crippen molar-refractivity contribution in [2.45, 2.75) is 6.42 Å². The van der Waals surface area contributed by atoms with Crippen molar-refractivity contribution in [3.8, 4) is 0 Å². The number of fused-ring (bicyclic) bond motifs is 1. The normalized spacial score (nSPS) is 10.8. The van der Waals surface area contributed by atoms with Gasteiger partial charge in [0, 0.05) is 29.3 Å². The summed E-state index contributed by atoms with van der Waals surface area (Å²) in [5.41, 5.74) is 3.08. The summed E-state index contributed by atoms with van der Waals surface area (Å²) in [5, 5.41) is 15.4. The number of aromatic amines is 1. The summed E-state index contributed by atoms with van der Waals surface area (Å²) in [6, 6.07) is 14.2. The lowest BCUT2D eigenvalue weighted by Gasteiger charge is -2.07. The monoisotopic (exact) mass is 348 g/mol. The molecule has 0 bridgehead atoms. The molecule has 3 N–H and O–H groups in total. The SMILES string of the molecule is Fc1ccc(Nc2nncc(NCCc3c[nH]c4ccccc34)n2)cc1. The predicted octanol–water partition coefficient (Wildman–Crippen LogP) is 3.89. The van der Waals surface area contributed by atoms with E-state index < -0.39 is 0 Å². The second-order valence-corrected chi connectivity index (χ2v) is 5.83. The van der Waals surface area contributed by atoms with Crippen LogP contribution in [0.2, 0.25) is 0 Å². The van der Waals surface area contributed by atoms with Crippen LogP contribution in [0.5, 0.6) is 0 Å². The van der Waals surface area contributed by atoms with Gasteiger partial charge in [0.25, 0.3) is 0 Å². The van der Waals surface area contributed by atoms with E-state index in [1.165, 1.54) is 23.1 Å². The highest BCUT2D eigenvalue weighted by Gasteiger charge is 2.04. The fraction of sp³-hybridized carbons (Fsp3) is 0.105. The molecule has 7 heteroatoms. The Bertz CT molecular complexity index is 1010. The van der Waals surface area contributed by atoms with Gasteiger partial charge in [-0.25, -0.2) is 4.39 Å². The molecule has 0 aliphatic rings. The number of para-hydroxylation sites is 1. The molecule has 2 aromatic heterocycles. The van der Waals surface area contributed by atoms with E-state index in [0.717, 1.165) is 18.5 Å². The molecule has 2 aromatic carbocycles. The molecule has 0 aliphatic heterocycles. The average molecular weight is 348 g/mol. The van der Waals surface area contributed by atoms with Gasteiger partial charge in [0.05, 0.1) is 6.20 Å². The Hall–Kier alpha value is -3.48. The maximum atomic E-state index is 13.0. The Balaban J connectivity index is 1.38. The van der Waals surface area contributed by atoms with Crippen molar-refractivity contribution in [2.75, 3.05) is 17.2 Å². The molecule has 0 saturated carbocycles. The fourth-order valence-corrected chi connectivity index (χ4v) is 2.77. The van der Waals surface area contributed by atoms with Crippen LogP contribution in [0.25, 0.3) is 10.9 Å². The summed E-state index contributed by atoms with van der Waals surface area (Å²) in [4.78, 5) is 7.65. The largest absolute Gasteiger partial charge is 0.368 e. The summed E-state index contributed by atoms with van der Waals surface area (Å²) in [6.45, 7) is 0.719. The standard InChI is InChI=1S/C19H17FN6/c20-14-5-7-15(8-6-14)24-19-25-18(12-23-26-19)21-10-9-13-11-22-17-4-2-1-3-16(13)17/h1-8,11-12,22H,9-10H2,(H2,21,24,25,26). The minimum atomic E-state index is -0.290. The first kappa shape index (κ1) is 16.0. The third-order valence-corrected chi connectivity index (χ3v) is 4.03. The van der Waals surface area contributed by atoms with E-state index in [2.05, 4.69) is 42.9 Å². The topological polar surface area (TPSA) is 78.5 Å². The predicted molar refractivity (Wildman–Crippen MR) is 100 cm³/mol. The van der Waals surface area contributed by atoms with Gasteiger partial charge in [0.1, 0.15) is 5.82 Å². The first-order chi connectivity index (χ1) is 12.8. The lowest BCUT2D eigenvalue weighted by atomic mass is 10.1. The molecular formula is C19H17FN6.